The number of hydrogen-bond acceptors (Lipinski definition) is 2. The summed E-state index contributed by atoms with van der Waals surface area (Å²) in [4.78, 5) is 10.5. The molecular weight excluding hydrogens is 171 g/mol. The van der Waals surface area contributed by atoms with Gasteiger partial charge in [0.2, 0.25) is 5.95 Å². The van der Waals surface area contributed by atoms with Gasteiger partial charge in [-0.25, -0.2) is 4.68 Å². The molecule has 0 bridgehead atoms. The normalized spacial score (nSPS) is 10.1. The second-order valence-electron chi connectivity index (χ2n) is 1.94. The van der Waals surface area contributed by atoms with Crippen molar-refractivity contribution >= 4 is 16.8 Å². The lowest BCUT2D eigenvalue weighted by molar-refractivity contribution is 0.107. The molecule has 0 radical (unpaired) electrons. The first-order valence-corrected chi connectivity index (χ1v) is 3.45. The summed E-state index contributed by atoms with van der Waals surface area (Å²) in [6.07, 6.45) is 1.12. The number of hydrogen-bond donors (Lipinski definition) is 0. The fourth-order valence-electron chi connectivity index (χ4n) is 0.723. The van der Waals surface area contributed by atoms with Gasteiger partial charge >= 0.3 is 0 Å². The van der Waals surface area contributed by atoms with Crippen molar-refractivity contribution in [2.75, 3.05) is 0 Å². The van der Waals surface area contributed by atoms with E-state index in [2.05, 4.69) is 5.10 Å². The Labute approximate surface area is 67.8 Å². The van der Waals surface area contributed by atoms with E-state index in [0.29, 0.717) is 6.54 Å². The van der Waals surface area contributed by atoms with E-state index < -0.39 is 11.2 Å². The summed E-state index contributed by atoms with van der Waals surface area (Å²) in [6, 6.07) is 0. The Morgan fingerprint density at radius 2 is 2.55 bits per heavy atom. The molecule has 0 fully saturated rings. The van der Waals surface area contributed by atoms with Gasteiger partial charge in [0.1, 0.15) is 5.56 Å². The first-order valence-electron chi connectivity index (χ1n) is 3.08. The molecule has 1 rings (SSSR count). The maximum Gasteiger partial charge on any atom is 0.258 e. The minimum Gasteiger partial charge on any atom is -0.275 e. The van der Waals surface area contributed by atoms with Crippen LogP contribution in [0.25, 0.3) is 0 Å². The Morgan fingerprint density at radius 3 is 2.82 bits per heavy atom. The highest BCUT2D eigenvalue weighted by Crippen LogP contribution is 2.08. The van der Waals surface area contributed by atoms with Gasteiger partial charge in [0.05, 0.1) is 6.20 Å². The van der Waals surface area contributed by atoms with Crippen molar-refractivity contribution in [3.63, 3.8) is 0 Å². The molecule has 1 aromatic heterocycles. The van der Waals surface area contributed by atoms with Crippen LogP contribution in [0.2, 0.25) is 0 Å². The number of carbonyl (C=O) groups is 1. The van der Waals surface area contributed by atoms with Crippen LogP contribution in [-0.4, -0.2) is 15.0 Å². The zero-order chi connectivity index (χ0) is 8.43. The van der Waals surface area contributed by atoms with Crippen molar-refractivity contribution in [3.05, 3.63) is 17.7 Å². The molecule has 0 aliphatic rings. The van der Waals surface area contributed by atoms with Gasteiger partial charge in [-0.05, 0) is 18.5 Å². The molecule has 0 unspecified atom stereocenters. The zero-order valence-electron chi connectivity index (χ0n) is 5.84. The quantitative estimate of drug-likeness (QED) is 0.639. The van der Waals surface area contributed by atoms with E-state index in [4.69, 9.17) is 11.6 Å². The fraction of sp³-hybridized carbons (Fsp3) is 0.333. The fourth-order valence-corrected chi connectivity index (χ4v) is 0.850. The van der Waals surface area contributed by atoms with E-state index in [1.165, 1.54) is 0 Å². The summed E-state index contributed by atoms with van der Waals surface area (Å²) in [6.45, 7) is 2.11. The van der Waals surface area contributed by atoms with Gasteiger partial charge in [0.15, 0.2) is 0 Å². The number of halogens is 2. The van der Waals surface area contributed by atoms with Crippen molar-refractivity contribution in [1.82, 2.24) is 9.78 Å². The van der Waals surface area contributed by atoms with E-state index >= 15 is 0 Å². The Hall–Kier alpha value is -0.900. The molecular formula is C6H6ClFN2O. The standard InChI is InChI=1S/C6H6ClFN2O/c1-2-10-6(8)4(3-9-10)5(7)11/h3H,2H2,1H3. The molecule has 1 aromatic rings. The van der Waals surface area contributed by atoms with E-state index in [-0.39, 0.29) is 5.56 Å². The van der Waals surface area contributed by atoms with Crippen molar-refractivity contribution in [1.29, 1.82) is 0 Å². The van der Waals surface area contributed by atoms with Gasteiger partial charge in [-0.2, -0.15) is 9.49 Å². The van der Waals surface area contributed by atoms with Crippen molar-refractivity contribution < 1.29 is 9.18 Å². The summed E-state index contributed by atoms with van der Waals surface area (Å²) < 4.78 is 13.9. The van der Waals surface area contributed by atoms with Crippen LogP contribution in [0.1, 0.15) is 17.3 Å². The van der Waals surface area contributed by atoms with Crippen LogP contribution in [0.5, 0.6) is 0 Å². The monoisotopic (exact) mass is 176 g/mol. The minimum absolute atomic E-state index is 0.173. The molecule has 0 aromatic carbocycles. The summed E-state index contributed by atoms with van der Waals surface area (Å²) in [7, 11) is 0. The second-order valence-corrected chi connectivity index (χ2v) is 2.28. The molecule has 5 heteroatoms. The molecule has 1 heterocycles. The van der Waals surface area contributed by atoms with E-state index in [1.54, 1.807) is 6.92 Å². The van der Waals surface area contributed by atoms with Gasteiger partial charge in [0.25, 0.3) is 5.24 Å². The lowest BCUT2D eigenvalue weighted by Crippen LogP contribution is -2.01. The van der Waals surface area contributed by atoms with E-state index in [9.17, 15) is 9.18 Å². The molecule has 0 aliphatic carbocycles. The first-order chi connectivity index (χ1) is 5.16. The van der Waals surface area contributed by atoms with Crippen LogP contribution in [0, 0.1) is 5.95 Å². The molecule has 11 heavy (non-hydrogen) atoms. The van der Waals surface area contributed by atoms with Gasteiger partial charge < -0.3 is 0 Å². The Bertz CT molecular complexity index is 284. The maximum absolute atomic E-state index is 12.9. The molecule has 0 amide bonds. The predicted octanol–water partition coefficient (Wildman–Crippen LogP) is 1.42. The third kappa shape index (κ3) is 1.40. The van der Waals surface area contributed by atoms with Crippen LogP contribution >= 0.6 is 11.6 Å². The predicted molar refractivity (Wildman–Crippen MR) is 38.0 cm³/mol. The highest BCUT2D eigenvalue weighted by atomic mass is 35.5. The van der Waals surface area contributed by atoms with E-state index in [0.717, 1.165) is 10.9 Å². The van der Waals surface area contributed by atoms with Crippen LogP contribution in [0.3, 0.4) is 0 Å². The first kappa shape index (κ1) is 8.20. The Balaban J connectivity index is 3.10. The van der Waals surface area contributed by atoms with Crippen molar-refractivity contribution in [3.8, 4) is 0 Å². The maximum atomic E-state index is 12.9. The number of aromatic nitrogens is 2. The molecule has 0 N–H and O–H groups in total. The molecule has 0 aliphatic heterocycles. The average Bonchev–Trinajstić information content (AvgIpc) is 2.30. The lowest BCUT2D eigenvalue weighted by Gasteiger charge is -1.93. The number of carbonyl (C=O) groups excluding carboxylic acids is 1. The highest BCUT2D eigenvalue weighted by molar-refractivity contribution is 6.67. The number of aryl methyl sites for hydroxylation is 1. The summed E-state index contributed by atoms with van der Waals surface area (Å²) in [5, 5.41) is 2.77. The van der Waals surface area contributed by atoms with Gasteiger partial charge in [0, 0.05) is 6.54 Å². The van der Waals surface area contributed by atoms with Crippen molar-refractivity contribution in [2.24, 2.45) is 0 Å². The zero-order valence-corrected chi connectivity index (χ0v) is 6.60. The van der Waals surface area contributed by atoms with Crippen LogP contribution in [0.4, 0.5) is 4.39 Å². The molecule has 0 saturated carbocycles. The molecule has 60 valence electrons. The smallest absolute Gasteiger partial charge is 0.258 e. The van der Waals surface area contributed by atoms with Gasteiger partial charge in [-0.15, -0.1) is 0 Å². The lowest BCUT2D eigenvalue weighted by atomic mass is 10.4. The molecule has 3 nitrogen and oxygen atoms in total. The highest BCUT2D eigenvalue weighted by Gasteiger charge is 2.13. The van der Waals surface area contributed by atoms with Gasteiger partial charge in [-0.1, -0.05) is 0 Å². The average molecular weight is 177 g/mol. The third-order valence-corrected chi connectivity index (χ3v) is 1.49. The third-order valence-electron chi connectivity index (χ3n) is 1.29. The molecule has 0 atom stereocenters. The minimum atomic E-state index is -0.817. The SMILES string of the molecule is CCn1ncc(C(=O)Cl)c1F. The van der Waals surface area contributed by atoms with E-state index in [1.807, 2.05) is 0 Å². The van der Waals surface area contributed by atoms with Crippen LogP contribution < -0.4 is 0 Å². The molecule has 0 saturated heterocycles. The Morgan fingerprint density at radius 1 is 1.91 bits per heavy atom. The Kier molecular flexibility index (Phi) is 2.24. The number of rotatable bonds is 2. The summed E-state index contributed by atoms with van der Waals surface area (Å²) >= 11 is 5.05. The van der Waals surface area contributed by atoms with Crippen LogP contribution in [-0.2, 0) is 6.54 Å². The topological polar surface area (TPSA) is 34.9 Å². The van der Waals surface area contributed by atoms with Crippen molar-refractivity contribution in [2.45, 2.75) is 13.5 Å². The number of nitrogens with zero attached hydrogens (tertiary/aromatic N) is 2. The van der Waals surface area contributed by atoms with Gasteiger partial charge in [-0.3, -0.25) is 4.79 Å². The molecule has 0 spiro atoms. The summed E-state index contributed by atoms with van der Waals surface area (Å²) in [5.41, 5.74) is -0.173. The largest absolute Gasteiger partial charge is 0.275 e. The second kappa shape index (κ2) is 3.00. The summed E-state index contributed by atoms with van der Waals surface area (Å²) in [5.74, 6) is -0.674. The van der Waals surface area contributed by atoms with Crippen LogP contribution in [0.15, 0.2) is 6.20 Å².